The zero-order valence-electron chi connectivity index (χ0n) is 5.49. The van der Waals surface area contributed by atoms with Crippen LogP contribution in [0.25, 0.3) is 0 Å². The van der Waals surface area contributed by atoms with E-state index < -0.39 is 0 Å². The summed E-state index contributed by atoms with van der Waals surface area (Å²) in [5, 5.41) is 17.2. The van der Waals surface area contributed by atoms with Crippen LogP contribution < -0.4 is 0 Å². The summed E-state index contributed by atoms with van der Waals surface area (Å²) < 4.78 is 13.1. The molecule has 0 aliphatic heterocycles. The summed E-state index contributed by atoms with van der Waals surface area (Å²) >= 11 is -0.0382. The molecule has 1 heterocycles. The molecule has 0 aliphatic rings. The predicted octanol–water partition coefficient (Wildman–Crippen LogP) is 1.23. The minimum Gasteiger partial charge on any atom is -0.390 e. The molecular weight excluding hydrogens is 167 g/mol. The van der Waals surface area contributed by atoms with Crippen LogP contribution in [0.15, 0.2) is 12.3 Å². The minimum atomic E-state index is -0.327. The maximum atomic E-state index is 12.0. The van der Waals surface area contributed by atoms with Gasteiger partial charge in [0.05, 0.1) is 17.9 Å². The van der Waals surface area contributed by atoms with E-state index in [9.17, 15) is 3.89 Å². The third kappa shape index (κ3) is 1.37. The number of hydrogen-bond acceptors (Lipinski definition) is 3. The summed E-state index contributed by atoms with van der Waals surface area (Å²) in [5.41, 5.74) is 0.595. The van der Waals surface area contributed by atoms with Gasteiger partial charge in [-0.1, -0.05) is 0 Å². The van der Waals surface area contributed by atoms with E-state index in [1.807, 2.05) is 6.07 Å². The number of nitriles is 1. The molecule has 0 atom stereocenters. The van der Waals surface area contributed by atoms with Crippen LogP contribution in [-0.2, 0) is 6.61 Å². The Morgan fingerprint density at radius 1 is 1.82 bits per heavy atom. The summed E-state index contributed by atoms with van der Waals surface area (Å²) in [6, 6.07) is 3.30. The third-order valence-corrected chi connectivity index (χ3v) is 1.79. The molecule has 5 heteroatoms. The van der Waals surface area contributed by atoms with Crippen molar-refractivity contribution >= 4 is 12.3 Å². The van der Waals surface area contributed by atoms with Crippen LogP contribution in [0.3, 0.4) is 0 Å². The van der Waals surface area contributed by atoms with Crippen LogP contribution >= 0.6 is 12.3 Å². The van der Waals surface area contributed by atoms with Gasteiger partial charge in [0.25, 0.3) is 0 Å². The highest BCUT2D eigenvalue weighted by atomic mass is 32.2. The molecule has 0 aliphatic carbocycles. The second kappa shape index (κ2) is 3.42. The molecule has 0 unspecified atom stereocenters. The maximum absolute atomic E-state index is 12.0. The Morgan fingerprint density at radius 3 is 3.00 bits per heavy atom. The standard InChI is InChI=1S/C6H5FN2OS/c7-11-9-2-1-5(3-8)6(9)4-10/h1-2,10H,4H2. The first-order valence-electron chi connectivity index (χ1n) is 2.83. The lowest BCUT2D eigenvalue weighted by Gasteiger charge is -1.97. The van der Waals surface area contributed by atoms with Gasteiger partial charge in [0.1, 0.15) is 6.07 Å². The first-order valence-corrected chi connectivity index (χ1v) is 3.51. The van der Waals surface area contributed by atoms with Crippen LogP contribution in [0.5, 0.6) is 0 Å². The van der Waals surface area contributed by atoms with Gasteiger partial charge in [-0.15, -0.1) is 3.89 Å². The van der Waals surface area contributed by atoms with E-state index in [-0.39, 0.29) is 18.9 Å². The molecule has 0 spiro atoms. The van der Waals surface area contributed by atoms with Crippen molar-refractivity contribution in [3.8, 4) is 6.07 Å². The molecule has 0 amide bonds. The lowest BCUT2D eigenvalue weighted by atomic mass is 10.3. The molecule has 0 saturated heterocycles. The van der Waals surface area contributed by atoms with Crippen molar-refractivity contribution in [3.05, 3.63) is 23.5 Å². The van der Waals surface area contributed by atoms with Crippen molar-refractivity contribution in [1.29, 1.82) is 5.26 Å². The lowest BCUT2D eigenvalue weighted by molar-refractivity contribution is 0.276. The second-order valence-electron chi connectivity index (χ2n) is 1.84. The Hall–Kier alpha value is -0.990. The Balaban J connectivity index is 3.12. The number of hydrogen-bond donors (Lipinski definition) is 1. The Morgan fingerprint density at radius 2 is 2.55 bits per heavy atom. The molecule has 11 heavy (non-hydrogen) atoms. The number of halogens is 1. The van der Waals surface area contributed by atoms with E-state index in [0.29, 0.717) is 11.3 Å². The molecule has 3 nitrogen and oxygen atoms in total. The van der Waals surface area contributed by atoms with Gasteiger partial charge in [-0.25, -0.2) is 0 Å². The first-order chi connectivity index (χ1) is 5.33. The lowest BCUT2D eigenvalue weighted by Crippen LogP contribution is -1.93. The molecule has 1 rings (SSSR count). The topological polar surface area (TPSA) is 49.0 Å². The molecule has 0 saturated carbocycles. The normalized spacial score (nSPS) is 9.55. The molecule has 0 bridgehead atoms. The fraction of sp³-hybridized carbons (Fsp3) is 0.167. The minimum absolute atomic E-state index is 0.0382. The first kappa shape index (κ1) is 8.11. The van der Waals surface area contributed by atoms with Crippen LogP contribution in [0.2, 0.25) is 0 Å². The van der Waals surface area contributed by atoms with Crippen LogP contribution in [0.1, 0.15) is 11.3 Å². The van der Waals surface area contributed by atoms with Crippen LogP contribution in [0, 0.1) is 11.3 Å². The third-order valence-electron chi connectivity index (χ3n) is 1.30. The van der Waals surface area contributed by atoms with E-state index in [1.54, 1.807) is 0 Å². The maximum Gasteiger partial charge on any atom is 0.169 e. The highest BCUT2D eigenvalue weighted by molar-refractivity contribution is 7.92. The van der Waals surface area contributed by atoms with Gasteiger partial charge >= 0.3 is 0 Å². The van der Waals surface area contributed by atoms with Gasteiger partial charge in [0, 0.05) is 6.20 Å². The number of nitrogens with zero attached hydrogens (tertiary/aromatic N) is 2. The molecule has 0 aromatic carbocycles. The van der Waals surface area contributed by atoms with Crippen LogP contribution in [0.4, 0.5) is 3.89 Å². The van der Waals surface area contributed by atoms with Crippen LogP contribution in [-0.4, -0.2) is 9.08 Å². The largest absolute Gasteiger partial charge is 0.390 e. The average Bonchev–Trinajstić information content (AvgIpc) is 2.45. The Labute approximate surface area is 67.5 Å². The highest BCUT2D eigenvalue weighted by Crippen LogP contribution is 2.17. The summed E-state index contributed by atoms with van der Waals surface area (Å²) in [6.07, 6.45) is 1.40. The molecule has 0 fully saturated rings. The Kier molecular flexibility index (Phi) is 2.52. The van der Waals surface area contributed by atoms with Crippen molar-refractivity contribution in [2.75, 3.05) is 0 Å². The van der Waals surface area contributed by atoms with E-state index >= 15 is 0 Å². The van der Waals surface area contributed by atoms with Crippen molar-refractivity contribution in [1.82, 2.24) is 3.97 Å². The number of aliphatic hydroxyl groups is 1. The molecule has 0 radical (unpaired) electrons. The summed E-state index contributed by atoms with van der Waals surface area (Å²) in [7, 11) is 0. The summed E-state index contributed by atoms with van der Waals surface area (Å²) in [6.45, 7) is -0.327. The predicted molar refractivity (Wildman–Crippen MR) is 39.2 cm³/mol. The molecule has 1 N–H and O–H groups in total. The van der Waals surface area contributed by atoms with Gasteiger partial charge < -0.3 is 5.11 Å². The number of rotatable bonds is 2. The molecule has 1 aromatic heterocycles. The fourth-order valence-electron chi connectivity index (χ4n) is 0.768. The second-order valence-corrected chi connectivity index (χ2v) is 2.37. The van der Waals surface area contributed by atoms with Crippen molar-refractivity contribution < 1.29 is 8.99 Å². The fourth-order valence-corrected chi connectivity index (χ4v) is 1.11. The number of aromatic nitrogens is 1. The molecule has 1 aromatic rings. The quantitative estimate of drug-likeness (QED) is 0.730. The van der Waals surface area contributed by atoms with Gasteiger partial charge in [0.2, 0.25) is 0 Å². The zero-order chi connectivity index (χ0) is 8.27. The van der Waals surface area contributed by atoms with E-state index in [1.165, 1.54) is 12.3 Å². The molecular formula is C6H5FN2OS. The van der Waals surface area contributed by atoms with E-state index in [2.05, 4.69) is 0 Å². The zero-order valence-corrected chi connectivity index (χ0v) is 6.31. The summed E-state index contributed by atoms with van der Waals surface area (Å²) in [4.78, 5) is 0. The van der Waals surface area contributed by atoms with E-state index in [0.717, 1.165) is 3.97 Å². The summed E-state index contributed by atoms with van der Waals surface area (Å²) in [5.74, 6) is 0. The Bertz CT molecular complexity index is 291. The van der Waals surface area contributed by atoms with E-state index in [4.69, 9.17) is 10.4 Å². The van der Waals surface area contributed by atoms with Crippen molar-refractivity contribution in [2.45, 2.75) is 6.61 Å². The van der Waals surface area contributed by atoms with Crippen molar-refractivity contribution in [3.63, 3.8) is 0 Å². The highest BCUT2D eigenvalue weighted by Gasteiger charge is 2.07. The smallest absolute Gasteiger partial charge is 0.169 e. The SMILES string of the molecule is N#Cc1ccn(SF)c1CO. The van der Waals surface area contributed by atoms with Gasteiger partial charge in [-0.3, -0.25) is 3.97 Å². The van der Waals surface area contributed by atoms with Crippen molar-refractivity contribution in [2.24, 2.45) is 0 Å². The molecule has 58 valence electrons. The monoisotopic (exact) mass is 172 g/mol. The van der Waals surface area contributed by atoms with Gasteiger partial charge in [-0.05, 0) is 6.07 Å². The van der Waals surface area contributed by atoms with Gasteiger partial charge in [0.15, 0.2) is 12.3 Å². The van der Waals surface area contributed by atoms with Gasteiger partial charge in [-0.2, -0.15) is 5.26 Å². The average molecular weight is 172 g/mol. The number of aliphatic hydroxyl groups excluding tert-OH is 1.